The Morgan fingerprint density at radius 2 is 1.50 bits per heavy atom. The summed E-state index contributed by atoms with van der Waals surface area (Å²) in [5.41, 5.74) is 5.01. The third-order valence-corrected chi connectivity index (χ3v) is 4.38. The Morgan fingerprint density at radius 1 is 0.900 bits per heavy atom. The largest absolute Gasteiger partial charge is 0.480 e. The van der Waals surface area contributed by atoms with Crippen LogP contribution >= 0.6 is 0 Å². The SMILES string of the molecule is CC(O)/C=C\C/C=C\C/C=C\CCCCCCCC(=O)N[C@@H](CCC(N)=O)C(=O)O. The number of amides is 2. The first-order valence-corrected chi connectivity index (χ1v) is 10.8. The van der Waals surface area contributed by atoms with Crippen molar-refractivity contribution in [2.24, 2.45) is 5.73 Å². The van der Waals surface area contributed by atoms with Crippen molar-refractivity contribution in [1.29, 1.82) is 0 Å². The van der Waals surface area contributed by atoms with Crippen molar-refractivity contribution < 1.29 is 24.6 Å². The first-order valence-electron chi connectivity index (χ1n) is 10.8. The molecule has 0 aromatic carbocycles. The maximum Gasteiger partial charge on any atom is 0.326 e. The molecule has 2 amide bonds. The van der Waals surface area contributed by atoms with Crippen LogP contribution in [-0.4, -0.2) is 40.1 Å². The van der Waals surface area contributed by atoms with Crippen molar-refractivity contribution in [2.75, 3.05) is 0 Å². The summed E-state index contributed by atoms with van der Waals surface area (Å²) in [5, 5.41) is 20.6. The number of aliphatic hydroxyl groups excluding tert-OH is 1. The minimum absolute atomic E-state index is 0.0136. The number of allylic oxidation sites excluding steroid dienone is 5. The van der Waals surface area contributed by atoms with E-state index in [1.165, 1.54) is 0 Å². The number of carboxylic acid groups (broad SMARTS) is 1. The normalized spacial score (nSPS) is 13.8. The fraction of sp³-hybridized carbons (Fsp3) is 0.609. The molecule has 0 aromatic rings. The van der Waals surface area contributed by atoms with Crippen molar-refractivity contribution in [3.05, 3.63) is 36.5 Å². The molecule has 5 N–H and O–H groups in total. The monoisotopic (exact) mass is 422 g/mol. The molecule has 0 saturated heterocycles. The van der Waals surface area contributed by atoms with Crippen molar-refractivity contribution in [3.8, 4) is 0 Å². The number of nitrogens with one attached hydrogen (secondary N) is 1. The quantitative estimate of drug-likeness (QED) is 0.199. The number of aliphatic carboxylic acids is 1. The number of hydrogen-bond acceptors (Lipinski definition) is 4. The van der Waals surface area contributed by atoms with Gasteiger partial charge in [-0.15, -0.1) is 0 Å². The number of carbonyl (C=O) groups is 3. The van der Waals surface area contributed by atoms with E-state index in [0.29, 0.717) is 6.42 Å². The number of rotatable bonds is 18. The van der Waals surface area contributed by atoms with E-state index >= 15 is 0 Å². The number of primary amides is 1. The van der Waals surface area contributed by atoms with Crippen molar-refractivity contribution in [2.45, 2.75) is 89.7 Å². The van der Waals surface area contributed by atoms with Gasteiger partial charge in [0.05, 0.1) is 6.10 Å². The van der Waals surface area contributed by atoms with Gasteiger partial charge in [0.25, 0.3) is 0 Å². The zero-order chi connectivity index (χ0) is 22.6. The molecule has 170 valence electrons. The van der Waals surface area contributed by atoms with E-state index in [1.54, 1.807) is 13.0 Å². The zero-order valence-electron chi connectivity index (χ0n) is 18.1. The molecule has 0 aliphatic heterocycles. The molecule has 0 saturated carbocycles. The second-order valence-electron chi connectivity index (χ2n) is 7.35. The van der Waals surface area contributed by atoms with Gasteiger partial charge < -0.3 is 21.3 Å². The maximum atomic E-state index is 11.8. The molecule has 1 unspecified atom stereocenters. The summed E-state index contributed by atoms with van der Waals surface area (Å²) in [5.74, 6) is -2.03. The average molecular weight is 423 g/mol. The van der Waals surface area contributed by atoms with E-state index in [4.69, 9.17) is 15.9 Å². The molecule has 0 spiro atoms. The van der Waals surface area contributed by atoms with E-state index in [0.717, 1.165) is 51.4 Å². The molecule has 7 nitrogen and oxygen atoms in total. The van der Waals surface area contributed by atoms with E-state index in [1.807, 2.05) is 6.08 Å². The van der Waals surface area contributed by atoms with Crippen molar-refractivity contribution in [3.63, 3.8) is 0 Å². The number of carbonyl (C=O) groups excluding carboxylic acids is 2. The van der Waals surface area contributed by atoms with Gasteiger partial charge in [-0.25, -0.2) is 4.79 Å². The summed E-state index contributed by atoms with van der Waals surface area (Å²) >= 11 is 0. The molecule has 30 heavy (non-hydrogen) atoms. The maximum absolute atomic E-state index is 11.8. The minimum atomic E-state index is -1.15. The van der Waals surface area contributed by atoms with Gasteiger partial charge in [-0.05, 0) is 45.4 Å². The number of aliphatic hydroxyl groups is 1. The highest BCUT2D eigenvalue weighted by atomic mass is 16.4. The molecule has 0 bridgehead atoms. The lowest BCUT2D eigenvalue weighted by molar-refractivity contribution is -0.142. The van der Waals surface area contributed by atoms with Crippen LogP contribution in [0.25, 0.3) is 0 Å². The van der Waals surface area contributed by atoms with E-state index in [2.05, 4.69) is 29.6 Å². The highest BCUT2D eigenvalue weighted by Gasteiger charge is 2.20. The van der Waals surface area contributed by atoms with Crippen LogP contribution in [0.5, 0.6) is 0 Å². The molecular formula is C23H38N2O5. The molecule has 0 heterocycles. The first kappa shape index (κ1) is 27.6. The second kappa shape index (κ2) is 18.6. The Kier molecular flexibility index (Phi) is 17.1. The van der Waals surface area contributed by atoms with Crippen LogP contribution in [0.4, 0.5) is 0 Å². The van der Waals surface area contributed by atoms with E-state index in [-0.39, 0.29) is 24.9 Å². The summed E-state index contributed by atoms with van der Waals surface area (Å²) in [6, 6.07) is -1.06. The highest BCUT2D eigenvalue weighted by Crippen LogP contribution is 2.08. The molecule has 2 atom stereocenters. The van der Waals surface area contributed by atoms with Gasteiger partial charge in [0.15, 0.2) is 0 Å². The highest BCUT2D eigenvalue weighted by molar-refractivity contribution is 5.84. The molecule has 0 fully saturated rings. The fourth-order valence-electron chi connectivity index (χ4n) is 2.73. The summed E-state index contributed by atoms with van der Waals surface area (Å²) < 4.78 is 0. The van der Waals surface area contributed by atoms with Crippen LogP contribution in [0, 0.1) is 0 Å². The Balaban J connectivity index is 3.66. The number of unbranched alkanes of at least 4 members (excludes halogenated alkanes) is 5. The molecule has 0 aliphatic carbocycles. The standard InChI is InChI=1S/C23H38N2O5/c1-19(26)15-13-11-9-7-5-3-2-4-6-8-10-12-14-16-22(28)25-20(23(29)30)17-18-21(24)27/h2-3,7,9,13,15,19-20,26H,4-6,8,10-12,14,16-18H2,1H3,(H2,24,27)(H,25,28)(H,29,30)/b3-2-,9-7-,15-13-/t19?,20-/m0/s1. The lowest BCUT2D eigenvalue weighted by Crippen LogP contribution is -2.41. The van der Waals surface area contributed by atoms with Crippen LogP contribution in [0.2, 0.25) is 0 Å². The predicted molar refractivity (Wildman–Crippen MR) is 119 cm³/mol. The van der Waals surface area contributed by atoms with Gasteiger partial charge in [-0.2, -0.15) is 0 Å². The van der Waals surface area contributed by atoms with E-state index < -0.39 is 17.9 Å². The lowest BCUT2D eigenvalue weighted by Gasteiger charge is -2.13. The smallest absolute Gasteiger partial charge is 0.326 e. The first-order chi connectivity index (χ1) is 14.3. The topological polar surface area (TPSA) is 130 Å². The molecule has 0 aromatic heterocycles. The predicted octanol–water partition coefficient (Wildman–Crippen LogP) is 3.38. The summed E-state index contributed by atoms with van der Waals surface area (Å²) in [6.45, 7) is 1.73. The molecular weight excluding hydrogens is 384 g/mol. The summed E-state index contributed by atoms with van der Waals surface area (Å²) in [4.78, 5) is 33.7. The van der Waals surface area contributed by atoms with Crippen LogP contribution in [0.1, 0.15) is 77.6 Å². The Morgan fingerprint density at radius 3 is 2.13 bits per heavy atom. The van der Waals surface area contributed by atoms with E-state index in [9.17, 15) is 14.4 Å². The average Bonchev–Trinajstić information content (AvgIpc) is 2.67. The third kappa shape index (κ3) is 18.9. The van der Waals surface area contributed by atoms with Crippen molar-refractivity contribution in [1.82, 2.24) is 5.32 Å². The fourth-order valence-corrected chi connectivity index (χ4v) is 2.73. The van der Waals surface area contributed by atoms with Gasteiger partial charge in [0, 0.05) is 12.8 Å². The minimum Gasteiger partial charge on any atom is -0.480 e. The Bertz CT molecular complexity index is 582. The molecule has 0 radical (unpaired) electrons. The van der Waals surface area contributed by atoms with Crippen LogP contribution in [0.15, 0.2) is 36.5 Å². The second-order valence-corrected chi connectivity index (χ2v) is 7.35. The third-order valence-electron chi connectivity index (χ3n) is 4.38. The van der Waals surface area contributed by atoms with Crippen LogP contribution < -0.4 is 11.1 Å². The van der Waals surface area contributed by atoms with Crippen LogP contribution in [-0.2, 0) is 14.4 Å². The Labute approximate surface area is 180 Å². The van der Waals surface area contributed by atoms with Gasteiger partial charge in [-0.1, -0.05) is 55.7 Å². The summed E-state index contributed by atoms with van der Waals surface area (Å²) in [6.07, 6.45) is 19.8. The van der Waals surface area contributed by atoms with Gasteiger partial charge in [-0.3, -0.25) is 9.59 Å². The van der Waals surface area contributed by atoms with Crippen LogP contribution in [0.3, 0.4) is 0 Å². The molecule has 0 aliphatic rings. The van der Waals surface area contributed by atoms with Crippen molar-refractivity contribution >= 4 is 17.8 Å². The summed E-state index contributed by atoms with van der Waals surface area (Å²) in [7, 11) is 0. The molecule has 0 rings (SSSR count). The zero-order valence-corrected chi connectivity index (χ0v) is 18.1. The number of carboxylic acids is 1. The Hall–Kier alpha value is -2.41. The molecule has 7 heteroatoms. The number of nitrogens with two attached hydrogens (primary N) is 1. The lowest BCUT2D eigenvalue weighted by atomic mass is 10.1. The number of hydrogen-bond donors (Lipinski definition) is 4. The van der Waals surface area contributed by atoms with Gasteiger partial charge >= 0.3 is 5.97 Å². The van der Waals surface area contributed by atoms with Gasteiger partial charge in [0.2, 0.25) is 11.8 Å². The van der Waals surface area contributed by atoms with Gasteiger partial charge in [0.1, 0.15) is 6.04 Å².